The van der Waals surface area contributed by atoms with Crippen LogP contribution in [0.15, 0.2) is 85.1 Å². The topological polar surface area (TPSA) is 43.2 Å². The lowest BCUT2D eigenvalue weighted by molar-refractivity contribution is -0.142. The van der Waals surface area contributed by atoms with E-state index < -0.39 is 11.9 Å². The van der Waals surface area contributed by atoms with Gasteiger partial charge in [-0.25, -0.2) is 9.67 Å². The van der Waals surface area contributed by atoms with Gasteiger partial charge in [0, 0.05) is 32.9 Å². The Kier molecular flexibility index (Phi) is 6.02. The zero-order valence-corrected chi connectivity index (χ0v) is 21.6. The van der Waals surface area contributed by atoms with Crippen LogP contribution in [0.25, 0.3) is 16.5 Å². The van der Waals surface area contributed by atoms with Gasteiger partial charge in [-0.3, -0.25) is 0 Å². The Hall–Kier alpha value is -3.60. The van der Waals surface area contributed by atoms with Gasteiger partial charge < -0.3 is 9.64 Å². The molecule has 1 aliphatic rings. The van der Waals surface area contributed by atoms with Crippen LogP contribution < -0.4 is 9.64 Å². The van der Waals surface area contributed by atoms with Gasteiger partial charge in [0.25, 0.3) is 0 Å². The third kappa shape index (κ3) is 4.63. The highest BCUT2D eigenvalue weighted by Crippen LogP contribution is 2.38. The molecule has 3 aromatic carbocycles. The van der Waals surface area contributed by atoms with Crippen molar-refractivity contribution in [2.24, 2.45) is 0 Å². The van der Waals surface area contributed by atoms with Gasteiger partial charge in [-0.1, -0.05) is 24.3 Å². The molecule has 0 radical (unpaired) electrons. The summed E-state index contributed by atoms with van der Waals surface area (Å²) in [5.41, 5.74) is 1.45. The molecule has 5 aromatic rings. The molecule has 0 bridgehead atoms. The van der Waals surface area contributed by atoms with Crippen LogP contribution in [-0.2, 0) is 19.1 Å². The normalized spacial score (nSPS) is 13.6. The van der Waals surface area contributed by atoms with Crippen molar-refractivity contribution in [2.45, 2.75) is 19.1 Å². The van der Waals surface area contributed by atoms with Gasteiger partial charge in [-0.15, -0.1) is 0 Å². The van der Waals surface area contributed by atoms with Crippen LogP contribution in [0.4, 0.5) is 18.9 Å². The van der Waals surface area contributed by atoms with E-state index in [1.807, 2.05) is 66.7 Å². The number of nitrogens with zero attached hydrogens (tertiary/aromatic N) is 4. The Labute approximate surface area is 224 Å². The zero-order chi connectivity index (χ0) is 25.6. The summed E-state index contributed by atoms with van der Waals surface area (Å²) in [7, 11) is 0. The molecule has 1 aliphatic heterocycles. The molecule has 9 heteroatoms. The lowest BCUT2D eigenvalue weighted by Gasteiger charge is -2.30. The molecule has 37 heavy (non-hydrogen) atoms. The summed E-state index contributed by atoms with van der Waals surface area (Å²) in [5.74, 6) is 1.00. The average Bonchev–Trinajstić information content (AvgIpc) is 3.29. The first-order valence-electron chi connectivity index (χ1n) is 11.7. The number of anilines is 1. The number of halogens is 4. The van der Waals surface area contributed by atoms with Gasteiger partial charge in [0.15, 0.2) is 5.69 Å². The van der Waals surface area contributed by atoms with E-state index in [-0.39, 0.29) is 12.0 Å². The number of pyridine rings is 1. The van der Waals surface area contributed by atoms with Crippen LogP contribution in [0.5, 0.6) is 11.6 Å². The molecule has 0 amide bonds. The number of rotatable bonds is 4. The van der Waals surface area contributed by atoms with Gasteiger partial charge in [0.2, 0.25) is 5.88 Å². The van der Waals surface area contributed by atoms with E-state index in [0.717, 1.165) is 14.6 Å². The first kappa shape index (κ1) is 23.8. The summed E-state index contributed by atoms with van der Waals surface area (Å²) in [4.78, 5) is 6.47. The minimum absolute atomic E-state index is 0.251. The Morgan fingerprint density at radius 3 is 2.41 bits per heavy atom. The zero-order valence-electron chi connectivity index (χ0n) is 19.4. The van der Waals surface area contributed by atoms with Gasteiger partial charge in [-0.2, -0.15) is 18.3 Å². The Balaban J connectivity index is 1.45. The van der Waals surface area contributed by atoms with E-state index in [4.69, 9.17) is 4.74 Å². The van der Waals surface area contributed by atoms with Crippen molar-refractivity contribution in [3.05, 3.63) is 106 Å². The quantitative estimate of drug-likeness (QED) is 0.199. The fraction of sp³-hybridized carbons (Fsp3) is 0.143. The smallest absolute Gasteiger partial charge is 0.435 e. The predicted molar refractivity (Wildman–Crippen MR) is 144 cm³/mol. The summed E-state index contributed by atoms with van der Waals surface area (Å²) >= 11 is 2.24. The summed E-state index contributed by atoms with van der Waals surface area (Å²) in [6.45, 7) is 0.802. The highest BCUT2D eigenvalue weighted by molar-refractivity contribution is 14.1. The molecule has 0 spiro atoms. The third-order valence-electron chi connectivity index (χ3n) is 6.44. The number of benzene rings is 3. The summed E-state index contributed by atoms with van der Waals surface area (Å²) < 4.78 is 50.6. The molecule has 0 fully saturated rings. The Morgan fingerprint density at radius 2 is 1.65 bits per heavy atom. The molecule has 0 atom stereocenters. The lowest BCUT2D eigenvalue weighted by atomic mass is 10.0. The van der Waals surface area contributed by atoms with Gasteiger partial charge in [0.1, 0.15) is 5.75 Å². The molecule has 0 aliphatic carbocycles. The van der Waals surface area contributed by atoms with Crippen molar-refractivity contribution in [3.8, 4) is 17.3 Å². The van der Waals surface area contributed by atoms with Crippen molar-refractivity contribution < 1.29 is 17.9 Å². The Bertz CT molecular complexity index is 1580. The fourth-order valence-electron chi connectivity index (χ4n) is 4.67. The summed E-state index contributed by atoms with van der Waals surface area (Å²) in [6.07, 6.45) is -2.63. The summed E-state index contributed by atoms with van der Waals surface area (Å²) in [5, 5.41) is 5.65. The van der Waals surface area contributed by atoms with Crippen molar-refractivity contribution in [2.75, 3.05) is 11.4 Å². The number of fused-ring (bicyclic) bond motifs is 2. The standard InChI is InChI=1S/C28H20F3IN4O/c29-28(30,31)26-23-13-15-35(20-10-7-19(32)8-11-20)17-25(23)36(34-26)21-9-6-18-12-14-33-27(24(18)16-21)37-22-4-2-1-3-5-22/h1-12,14,16H,13,15,17H2. The highest BCUT2D eigenvalue weighted by atomic mass is 127. The number of ether oxygens (including phenoxy) is 1. The SMILES string of the molecule is FC(F)(F)c1nn(-c2ccc3ccnc(Oc4ccccc4)c3c2)c2c1CCN(c1ccc(I)cc1)C2. The third-order valence-corrected chi connectivity index (χ3v) is 7.16. The van der Waals surface area contributed by atoms with E-state index in [1.165, 1.54) is 4.68 Å². The van der Waals surface area contributed by atoms with Crippen LogP contribution in [0, 0.1) is 3.57 Å². The highest BCUT2D eigenvalue weighted by Gasteiger charge is 2.40. The van der Waals surface area contributed by atoms with Crippen molar-refractivity contribution in [3.63, 3.8) is 0 Å². The van der Waals surface area contributed by atoms with Crippen LogP contribution >= 0.6 is 22.6 Å². The second kappa shape index (κ2) is 9.37. The lowest BCUT2D eigenvalue weighted by Crippen LogP contribution is -2.31. The van der Waals surface area contributed by atoms with Crippen molar-refractivity contribution in [1.29, 1.82) is 0 Å². The minimum atomic E-state index is -4.54. The van der Waals surface area contributed by atoms with Crippen LogP contribution in [0.1, 0.15) is 17.0 Å². The molecule has 5 nitrogen and oxygen atoms in total. The first-order valence-corrected chi connectivity index (χ1v) is 12.8. The molecule has 186 valence electrons. The molecule has 0 saturated carbocycles. The maximum Gasteiger partial charge on any atom is 0.435 e. The van der Waals surface area contributed by atoms with Gasteiger partial charge >= 0.3 is 6.18 Å². The molecule has 2 aromatic heterocycles. The number of alkyl halides is 3. The van der Waals surface area contributed by atoms with Crippen LogP contribution in [-0.4, -0.2) is 21.3 Å². The molecule has 3 heterocycles. The first-order chi connectivity index (χ1) is 17.9. The van der Waals surface area contributed by atoms with E-state index in [9.17, 15) is 13.2 Å². The number of aromatic nitrogens is 3. The monoisotopic (exact) mass is 612 g/mol. The number of hydrogen-bond acceptors (Lipinski definition) is 4. The molecule has 0 saturated heterocycles. The molecule has 0 N–H and O–H groups in total. The fourth-order valence-corrected chi connectivity index (χ4v) is 5.03. The van der Waals surface area contributed by atoms with E-state index in [1.54, 1.807) is 18.3 Å². The molecular weight excluding hydrogens is 592 g/mol. The van der Waals surface area contributed by atoms with Crippen LogP contribution in [0.2, 0.25) is 0 Å². The Morgan fingerprint density at radius 1 is 0.892 bits per heavy atom. The van der Waals surface area contributed by atoms with Crippen molar-refractivity contribution >= 4 is 39.1 Å². The molecule has 6 rings (SSSR count). The van der Waals surface area contributed by atoms with Gasteiger partial charge in [-0.05, 0) is 89.0 Å². The second-order valence-electron chi connectivity index (χ2n) is 8.77. The molecular formula is C28H20F3IN4O. The molecule has 0 unspecified atom stereocenters. The van der Waals surface area contributed by atoms with Gasteiger partial charge in [0.05, 0.1) is 17.9 Å². The minimum Gasteiger partial charge on any atom is -0.438 e. The number of para-hydroxylation sites is 1. The maximum atomic E-state index is 14.0. The predicted octanol–water partition coefficient (Wildman–Crippen LogP) is 7.40. The average molecular weight is 612 g/mol. The maximum absolute atomic E-state index is 14.0. The van der Waals surface area contributed by atoms with E-state index in [2.05, 4.69) is 37.6 Å². The van der Waals surface area contributed by atoms with E-state index >= 15 is 0 Å². The second-order valence-corrected chi connectivity index (χ2v) is 10.0. The van der Waals surface area contributed by atoms with Crippen molar-refractivity contribution in [1.82, 2.24) is 14.8 Å². The summed E-state index contributed by atoms with van der Waals surface area (Å²) in [6, 6.07) is 24.5. The number of hydrogen-bond donors (Lipinski definition) is 0. The van der Waals surface area contributed by atoms with E-state index in [0.29, 0.717) is 41.5 Å². The largest absolute Gasteiger partial charge is 0.438 e. The van der Waals surface area contributed by atoms with Crippen LogP contribution in [0.3, 0.4) is 0 Å².